The average molecular weight is 394 g/mol. The lowest BCUT2D eigenvalue weighted by Gasteiger charge is -2.19. The number of aryl methyl sites for hydroxylation is 1. The Morgan fingerprint density at radius 1 is 1.03 bits per heavy atom. The van der Waals surface area contributed by atoms with Crippen molar-refractivity contribution < 1.29 is 20.1 Å². The number of carbonyl (C=O) groups is 1. The molecule has 0 amide bonds. The first-order valence-electron chi connectivity index (χ1n) is 8.95. The Morgan fingerprint density at radius 2 is 1.69 bits per heavy atom. The van der Waals surface area contributed by atoms with E-state index >= 15 is 0 Å². The summed E-state index contributed by atoms with van der Waals surface area (Å²) in [6, 6.07) is 11.4. The smallest absolute Gasteiger partial charge is 0.335 e. The number of aromatic hydroxyl groups is 2. The lowest BCUT2D eigenvalue weighted by molar-refractivity contribution is 0.0696. The number of nitrogens with zero attached hydrogens (tertiary/aromatic N) is 4. The van der Waals surface area contributed by atoms with Crippen LogP contribution in [-0.4, -0.2) is 31.1 Å². The predicted octanol–water partition coefficient (Wildman–Crippen LogP) is 5.00. The van der Waals surface area contributed by atoms with Crippen LogP contribution >= 0.6 is 0 Å². The molecule has 3 N–H and O–H groups in total. The molecule has 1 heterocycles. The van der Waals surface area contributed by atoms with Crippen LogP contribution in [0.15, 0.2) is 52.7 Å². The Balaban J connectivity index is 1.92. The molecule has 3 aromatic rings. The third-order valence-electron chi connectivity index (χ3n) is 4.46. The first-order chi connectivity index (χ1) is 13.6. The molecule has 0 radical (unpaired) electrons. The SMILES string of the molecule is Cc1nn(-c2ccc(C(C)(C)C)cc2)c(O)c1N=Nc1ccc(C(=O)O)cc1O. The van der Waals surface area contributed by atoms with Crippen LogP contribution in [0.1, 0.15) is 42.4 Å². The van der Waals surface area contributed by atoms with Crippen LogP contribution in [0.4, 0.5) is 11.4 Å². The van der Waals surface area contributed by atoms with Crippen LogP contribution in [0.2, 0.25) is 0 Å². The number of phenols is 1. The minimum atomic E-state index is -1.16. The summed E-state index contributed by atoms with van der Waals surface area (Å²) in [5, 5.41) is 41.7. The summed E-state index contributed by atoms with van der Waals surface area (Å²) >= 11 is 0. The molecule has 0 saturated heterocycles. The first kappa shape index (κ1) is 20.1. The molecule has 0 aliphatic heterocycles. The third-order valence-corrected chi connectivity index (χ3v) is 4.46. The van der Waals surface area contributed by atoms with Gasteiger partial charge in [0, 0.05) is 0 Å². The van der Waals surface area contributed by atoms with E-state index in [-0.39, 0.29) is 34.0 Å². The number of hydrogen-bond acceptors (Lipinski definition) is 6. The Labute approximate surface area is 167 Å². The molecule has 0 unspecified atom stereocenters. The Morgan fingerprint density at radius 3 is 2.24 bits per heavy atom. The zero-order valence-corrected chi connectivity index (χ0v) is 16.6. The van der Waals surface area contributed by atoms with Crippen LogP contribution in [0.3, 0.4) is 0 Å². The van der Waals surface area contributed by atoms with Crippen molar-refractivity contribution in [3.05, 3.63) is 59.3 Å². The minimum absolute atomic E-state index is 0.0121. The molecule has 0 aliphatic carbocycles. The van der Waals surface area contributed by atoms with Crippen molar-refractivity contribution in [1.82, 2.24) is 9.78 Å². The fourth-order valence-electron chi connectivity index (χ4n) is 2.75. The Hall–Kier alpha value is -3.68. The highest BCUT2D eigenvalue weighted by Gasteiger charge is 2.18. The van der Waals surface area contributed by atoms with E-state index in [9.17, 15) is 15.0 Å². The molecule has 0 fully saturated rings. The molecule has 1 aromatic heterocycles. The van der Waals surface area contributed by atoms with E-state index in [1.54, 1.807) is 6.92 Å². The van der Waals surface area contributed by atoms with Crippen molar-refractivity contribution in [2.24, 2.45) is 10.2 Å². The van der Waals surface area contributed by atoms with Crippen LogP contribution in [0.5, 0.6) is 11.6 Å². The molecule has 0 atom stereocenters. The zero-order valence-electron chi connectivity index (χ0n) is 16.6. The van der Waals surface area contributed by atoms with Gasteiger partial charge < -0.3 is 15.3 Å². The molecule has 2 aromatic carbocycles. The molecule has 0 saturated carbocycles. The normalized spacial score (nSPS) is 11.9. The van der Waals surface area contributed by atoms with Gasteiger partial charge in [-0.15, -0.1) is 10.2 Å². The van der Waals surface area contributed by atoms with Gasteiger partial charge in [0.05, 0.1) is 16.9 Å². The molecule has 8 heteroatoms. The second kappa shape index (κ2) is 7.38. The summed E-state index contributed by atoms with van der Waals surface area (Å²) in [6.45, 7) is 8.04. The number of aromatic carboxylic acids is 1. The maximum Gasteiger partial charge on any atom is 0.335 e. The summed E-state index contributed by atoms with van der Waals surface area (Å²) in [7, 11) is 0. The van der Waals surface area contributed by atoms with E-state index in [1.165, 1.54) is 16.8 Å². The standard InChI is InChI=1S/C21H22N4O4/c1-12-18(23-22-16-10-5-13(20(28)29)11-17(16)26)19(27)25(24-12)15-8-6-14(7-9-15)21(2,3)4/h5-11,26-27H,1-4H3,(H,28,29). The summed E-state index contributed by atoms with van der Waals surface area (Å²) in [4.78, 5) is 10.9. The molecule has 0 spiro atoms. The Bertz CT molecular complexity index is 1090. The molecular formula is C21H22N4O4. The highest BCUT2D eigenvalue weighted by molar-refractivity contribution is 5.88. The molecule has 0 bridgehead atoms. The molecular weight excluding hydrogens is 372 g/mol. The van der Waals surface area contributed by atoms with Gasteiger partial charge in [0.15, 0.2) is 5.69 Å². The van der Waals surface area contributed by atoms with Gasteiger partial charge >= 0.3 is 5.97 Å². The van der Waals surface area contributed by atoms with Crippen molar-refractivity contribution in [3.8, 4) is 17.3 Å². The lowest BCUT2D eigenvalue weighted by Crippen LogP contribution is -2.10. The molecule has 0 aliphatic rings. The van der Waals surface area contributed by atoms with E-state index in [2.05, 4.69) is 36.1 Å². The van der Waals surface area contributed by atoms with Gasteiger partial charge in [-0.25, -0.2) is 4.79 Å². The van der Waals surface area contributed by atoms with Gasteiger partial charge in [-0.1, -0.05) is 32.9 Å². The molecule has 29 heavy (non-hydrogen) atoms. The summed E-state index contributed by atoms with van der Waals surface area (Å²) in [5.41, 5.74) is 2.47. The monoisotopic (exact) mass is 394 g/mol. The van der Waals surface area contributed by atoms with Crippen molar-refractivity contribution in [2.75, 3.05) is 0 Å². The van der Waals surface area contributed by atoms with E-state index < -0.39 is 5.97 Å². The number of carboxylic acids is 1. The largest absolute Gasteiger partial charge is 0.506 e. The molecule has 3 rings (SSSR count). The number of hydrogen-bond donors (Lipinski definition) is 3. The third kappa shape index (κ3) is 4.11. The zero-order chi connectivity index (χ0) is 21.3. The van der Waals surface area contributed by atoms with Gasteiger partial charge in [-0.05, 0) is 48.2 Å². The Kier molecular flexibility index (Phi) is 5.11. The van der Waals surface area contributed by atoms with Crippen molar-refractivity contribution in [1.29, 1.82) is 0 Å². The molecule has 8 nitrogen and oxygen atoms in total. The summed E-state index contributed by atoms with van der Waals surface area (Å²) in [5.74, 6) is -1.66. The maximum atomic E-state index is 10.9. The number of phenolic OH excluding ortho intramolecular Hbond substituents is 1. The maximum absolute atomic E-state index is 10.9. The van der Waals surface area contributed by atoms with Gasteiger partial charge in [-0.2, -0.15) is 9.78 Å². The fourth-order valence-corrected chi connectivity index (χ4v) is 2.75. The van der Waals surface area contributed by atoms with Crippen LogP contribution in [-0.2, 0) is 5.41 Å². The van der Waals surface area contributed by atoms with E-state index in [1.807, 2.05) is 24.3 Å². The van der Waals surface area contributed by atoms with Gasteiger partial charge in [0.1, 0.15) is 11.4 Å². The average Bonchev–Trinajstić information content (AvgIpc) is 2.94. The predicted molar refractivity (Wildman–Crippen MR) is 108 cm³/mol. The number of azo groups is 1. The van der Waals surface area contributed by atoms with E-state index in [0.717, 1.165) is 11.6 Å². The summed E-state index contributed by atoms with van der Waals surface area (Å²) in [6.07, 6.45) is 0. The van der Waals surface area contributed by atoms with E-state index in [4.69, 9.17) is 5.11 Å². The topological polar surface area (TPSA) is 120 Å². The summed E-state index contributed by atoms with van der Waals surface area (Å²) < 4.78 is 1.36. The van der Waals surface area contributed by atoms with Crippen LogP contribution < -0.4 is 0 Å². The highest BCUT2D eigenvalue weighted by Crippen LogP contribution is 2.36. The first-order valence-corrected chi connectivity index (χ1v) is 8.95. The van der Waals surface area contributed by atoms with Crippen LogP contribution in [0.25, 0.3) is 5.69 Å². The van der Waals surface area contributed by atoms with E-state index in [0.29, 0.717) is 11.4 Å². The minimum Gasteiger partial charge on any atom is -0.506 e. The second-order valence-corrected chi connectivity index (χ2v) is 7.67. The van der Waals surface area contributed by atoms with Crippen molar-refractivity contribution in [3.63, 3.8) is 0 Å². The van der Waals surface area contributed by atoms with Crippen molar-refractivity contribution in [2.45, 2.75) is 33.1 Å². The van der Waals surface area contributed by atoms with Gasteiger partial charge in [-0.3, -0.25) is 0 Å². The second-order valence-electron chi connectivity index (χ2n) is 7.67. The highest BCUT2D eigenvalue weighted by atomic mass is 16.4. The quantitative estimate of drug-likeness (QED) is 0.538. The van der Waals surface area contributed by atoms with Crippen LogP contribution in [0, 0.1) is 6.92 Å². The van der Waals surface area contributed by atoms with Gasteiger partial charge in [0.2, 0.25) is 5.88 Å². The number of aromatic nitrogens is 2. The number of rotatable bonds is 4. The fraction of sp³-hybridized carbons (Fsp3) is 0.238. The lowest BCUT2D eigenvalue weighted by atomic mass is 9.87. The number of benzene rings is 2. The molecule has 150 valence electrons. The van der Waals surface area contributed by atoms with Crippen molar-refractivity contribution >= 4 is 17.3 Å². The number of carboxylic acid groups (broad SMARTS) is 1. The van der Waals surface area contributed by atoms with Gasteiger partial charge in [0.25, 0.3) is 0 Å².